The monoisotopic (exact) mass is 170 g/mol. The van der Waals surface area contributed by atoms with E-state index in [2.05, 4.69) is 25.7 Å². The van der Waals surface area contributed by atoms with Crippen LogP contribution in [-0.4, -0.2) is 30.6 Å². The minimum absolute atomic E-state index is 0.318. The molecule has 0 aromatic carbocycles. The van der Waals surface area contributed by atoms with Crippen molar-refractivity contribution in [1.29, 1.82) is 0 Å². The molecule has 2 nitrogen and oxygen atoms in total. The topological polar surface area (TPSA) is 29.3 Å². The van der Waals surface area contributed by atoms with Crippen molar-refractivity contribution >= 4 is 0 Å². The Hall–Kier alpha value is -0.0800. The molecule has 0 saturated carbocycles. The van der Waals surface area contributed by atoms with Crippen molar-refractivity contribution in [2.24, 2.45) is 11.1 Å². The van der Waals surface area contributed by atoms with Gasteiger partial charge in [0.05, 0.1) is 0 Å². The van der Waals surface area contributed by atoms with E-state index in [0.29, 0.717) is 11.5 Å². The number of nitrogens with zero attached hydrogens (tertiary/aromatic N) is 1. The molecule has 72 valence electrons. The van der Waals surface area contributed by atoms with E-state index < -0.39 is 0 Å². The van der Waals surface area contributed by atoms with Gasteiger partial charge in [0.15, 0.2) is 0 Å². The summed E-state index contributed by atoms with van der Waals surface area (Å²) in [6.07, 6.45) is 2.70. The zero-order valence-electron chi connectivity index (χ0n) is 8.64. The van der Waals surface area contributed by atoms with Crippen LogP contribution in [0.4, 0.5) is 0 Å². The molecule has 2 heteroatoms. The van der Waals surface area contributed by atoms with Crippen molar-refractivity contribution in [3.8, 4) is 0 Å². The molecule has 1 fully saturated rings. The Morgan fingerprint density at radius 2 is 2.17 bits per heavy atom. The van der Waals surface area contributed by atoms with E-state index in [-0.39, 0.29) is 0 Å². The van der Waals surface area contributed by atoms with Crippen LogP contribution in [0.1, 0.15) is 33.6 Å². The molecule has 0 amide bonds. The Morgan fingerprint density at radius 3 is 2.67 bits per heavy atom. The zero-order valence-corrected chi connectivity index (χ0v) is 8.64. The fourth-order valence-corrected chi connectivity index (χ4v) is 2.11. The number of rotatable bonds is 2. The first kappa shape index (κ1) is 10.0. The van der Waals surface area contributed by atoms with Crippen molar-refractivity contribution in [3.05, 3.63) is 0 Å². The smallest absolute Gasteiger partial charge is 0.0139 e. The van der Waals surface area contributed by atoms with Gasteiger partial charge < -0.3 is 10.6 Å². The fourth-order valence-electron chi connectivity index (χ4n) is 2.11. The van der Waals surface area contributed by atoms with Crippen molar-refractivity contribution in [3.63, 3.8) is 0 Å². The first-order chi connectivity index (χ1) is 5.49. The molecule has 1 aliphatic heterocycles. The van der Waals surface area contributed by atoms with Crippen molar-refractivity contribution < 1.29 is 0 Å². The van der Waals surface area contributed by atoms with E-state index >= 15 is 0 Å². The first-order valence-corrected chi connectivity index (χ1v) is 4.97. The molecule has 0 bridgehead atoms. The summed E-state index contributed by atoms with van der Waals surface area (Å²) in [6.45, 7) is 10.3. The minimum atomic E-state index is 0.318. The average molecular weight is 170 g/mol. The lowest BCUT2D eigenvalue weighted by atomic mass is 9.84. The molecule has 0 aromatic heterocycles. The van der Waals surface area contributed by atoms with E-state index in [9.17, 15) is 0 Å². The zero-order chi connectivity index (χ0) is 9.19. The van der Waals surface area contributed by atoms with Gasteiger partial charge in [0.2, 0.25) is 0 Å². The van der Waals surface area contributed by atoms with E-state index in [1.165, 1.54) is 25.9 Å². The third kappa shape index (κ3) is 3.11. The summed E-state index contributed by atoms with van der Waals surface area (Å²) in [4.78, 5) is 2.49. The molecule has 1 aliphatic rings. The number of likely N-dealkylation sites (tertiary alicyclic amines) is 1. The minimum Gasteiger partial charge on any atom is -0.327 e. The van der Waals surface area contributed by atoms with Gasteiger partial charge in [0.1, 0.15) is 0 Å². The lowest BCUT2D eigenvalue weighted by molar-refractivity contribution is 0.113. The maximum atomic E-state index is 5.77. The number of hydrogen-bond acceptors (Lipinski definition) is 2. The summed E-state index contributed by atoms with van der Waals surface area (Å²) in [5.41, 5.74) is 6.28. The van der Waals surface area contributed by atoms with Gasteiger partial charge in [-0.1, -0.05) is 13.8 Å². The molecular formula is C10H22N2. The molecular weight excluding hydrogens is 148 g/mol. The van der Waals surface area contributed by atoms with E-state index in [1.807, 2.05) is 0 Å². The van der Waals surface area contributed by atoms with Crippen LogP contribution in [0, 0.1) is 5.41 Å². The Kier molecular flexibility index (Phi) is 3.13. The molecule has 1 atom stereocenters. The van der Waals surface area contributed by atoms with Crippen molar-refractivity contribution in [2.75, 3.05) is 19.6 Å². The van der Waals surface area contributed by atoms with Gasteiger partial charge in [-0.15, -0.1) is 0 Å². The number of hydrogen-bond donors (Lipinski definition) is 1. The molecule has 1 heterocycles. The molecule has 12 heavy (non-hydrogen) atoms. The predicted molar refractivity (Wildman–Crippen MR) is 53.1 cm³/mol. The second-order valence-corrected chi connectivity index (χ2v) is 4.98. The van der Waals surface area contributed by atoms with Gasteiger partial charge >= 0.3 is 0 Å². The highest BCUT2D eigenvalue weighted by Gasteiger charge is 2.26. The third-order valence-electron chi connectivity index (χ3n) is 2.53. The van der Waals surface area contributed by atoms with Crippen LogP contribution in [0.25, 0.3) is 0 Å². The van der Waals surface area contributed by atoms with E-state index in [4.69, 9.17) is 5.73 Å². The number of piperidine rings is 1. The summed E-state index contributed by atoms with van der Waals surface area (Å²) >= 11 is 0. The molecule has 1 rings (SSSR count). The van der Waals surface area contributed by atoms with Crippen LogP contribution in [0.3, 0.4) is 0 Å². The number of nitrogens with two attached hydrogens (primary N) is 1. The summed E-state index contributed by atoms with van der Waals surface area (Å²) in [6, 6.07) is 0.318. The summed E-state index contributed by atoms with van der Waals surface area (Å²) in [7, 11) is 0. The van der Waals surface area contributed by atoms with Crippen molar-refractivity contribution in [1.82, 2.24) is 4.90 Å². The third-order valence-corrected chi connectivity index (χ3v) is 2.53. The highest BCUT2D eigenvalue weighted by atomic mass is 15.1. The normalized spacial score (nSPS) is 27.0. The van der Waals surface area contributed by atoms with Gasteiger partial charge in [-0.3, -0.25) is 0 Å². The molecule has 0 radical (unpaired) electrons. The van der Waals surface area contributed by atoms with Crippen LogP contribution in [-0.2, 0) is 0 Å². The average Bonchev–Trinajstić information content (AvgIpc) is 1.82. The molecule has 0 aliphatic carbocycles. The van der Waals surface area contributed by atoms with Gasteiger partial charge in [-0.05, 0) is 31.7 Å². The highest BCUT2D eigenvalue weighted by molar-refractivity contribution is 4.80. The molecule has 0 unspecified atom stereocenters. The van der Waals surface area contributed by atoms with Gasteiger partial charge in [-0.2, -0.15) is 0 Å². The fraction of sp³-hybridized carbons (Fsp3) is 1.00. The summed E-state index contributed by atoms with van der Waals surface area (Å²) in [5.74, 6) is 0. The van der Waals surface area contributed by atoms with Gasteiger partial charge in [-0.25, -0.2) is 0 Å². The first-order valence-electron chi connectivity index (χ1n) is 4.97. The lowest BCUT2D eigenvalue weighted by Crippen LogP contribution is -2.44. The second kappa shape index (κ2) is 3.75. The lowest BCUT2D eigenvalue weighted by Gasteiger charge is -2.38. The van der Waals surface area contributed by atoms with Crippen LogP contribution in [0.2, 0.25) is 0 Å². The van der Waals surface area contributed by atoms with Crippen LogP contribution < -0.4 is 5.73 Å². The van der Waals surface area contributed by atoms with Crippen LogP contribution in [0.15, 0.2) is 0 Å². The maximum absolute atomic E-state index is 5.77. The van der Waals surface area contributed by atoms with Gasteiger partial charge in [0.25, 0.3) is 0 Å². The van der Waals surface area contributed by atoms with Crippen LogP contribution in [0.5, 0.6) is 0 Å². The van der Waals surface area contributed by atoms with Crippen LogP contribution >= 0.6 is 0 Å². The quantitative estimate of drug-likeness (QED) is 0.680. The van der Waals surface area contributed by atoms with Gasteiger partial charge in [0, 0.05) is 19.1 Å². The highest BCUT2D eigenvalue weighted by Crippen LogP contribution is 2.28. The van der Waals surface area contributed by atoms with E-state index in [1.54, 1.807) is 0 Å². The SMILES string of the molecule is C[C@@H](N)CN1CCCC(C)(C)C1. The molecule has 0 aromatic rings. The second-order valence-electron chi connectivity index (χ2n) is 4.98. The Labute approximate surface area is 76.1 Å². The predicted octanol–water partition coefficient (Wildman–Crippen LogP) is 1.46. The summed E-state index contributed by atoms with van der Waals surface area (Å²) in [5, 5.41) is 0. The Balaban J connectivity index is 2.36. The van der Waals surface area contributed by atoms with E-state index in [0.717, 1.165) is 6.54 Å². The Morgan fingerprint density at radius 1 is 1.50 bits per heavy atom. The molecule has 1 saturated heterocycles. The van der Waals surface area contributed by atoms with Crippen molar-refractivity contribution in [2.45, 2.75) is 39.7 Å². The largest absolute Gasteiger partial charge is 0.327 e. The molecule has 2 N–H and O–H groups in total. The maximum Gasteiger partial charge on any atom is 0.0139 e. The molecule has 0 spiro atoms. The summed E-state index contributed by atoms with van der Waals surface area (Å²) < 4.78 is 0. The standard InChI is InChI=1S/C10H22N2/c1-9(11)7-12-6-4-5-10(2,3)8-12/h9H,4-8,11H2,1-3H3/t9-/m1/s1. The Bertz CT molecular complexity index is 141.